The molecule has 24 heavy (non-hydrogen) atoms. The van der Waals surface area contributed by atoms with Gasteiger partial charge in [-0.25, -0.2) is 0 Å². The van der Waals surface area contributed by atoms with Gasteiger partial charge in [-0.3, -0.25) is 0 Å². The van der Waals surface area contributed by atoms with E-state index in [2.05, 4.69) is 9.95 Å². The highest BCUT2D eigenvalue weighted by Crippen LogP contribution is 2.08. The second-order valence-electron chi connectivity index (χ2n) is 4.03. The van der Waals surface area contributed by atoms with Crippen LogP contribution in [-0.4, -0.2) is 0 Å². The van der Waals surface area contributed by atoms with Gasteiger partial charge in [0.25, 0.3) is 0 Å². The van der Waals surface area contributed by atoms with Crippen LogP contribution < -0.4 is 24.8 Å². The second-order valence-corrected chi connectivity index (χ2v) is 4.03. The molecule has 0 atom stereocenters. The number of nitrogens with zero attached hydrogens (tertiary/aromatic N) is 4. The molecule has 0 radical (unpaired) electrons. The van der Waals surface area contributed by atoms with Gasteiger partial charge in [0.05, 0.1) is 0 Å². The smallest absolute Gasteiger partial charge is 0.385 e. The molecule has 0 N–H and O–H groups in total. The molecule has 122 valence electrons. The summed E-state index contributed by atoms with van der Waals surface area (Å²) in [6.07, 6.45) is 0. The molecule has 0 bridgehead atoms. The Morgan fingerprint density at radius 3 is 0.792 bits per heavy atom. The normalized spacial score (nSPS) is 7.25. The van der Waals surface area contributed by atoms with Crippen LogP contribution in [0.3, 0.4) is 0 Å². The highest BCUT2D eigenvalue weighted by molar-refractivity contribution is 5.42. The predicted octanol–water partition coefficient (Wildman–Crippen LogP) is 0.0370. The molecular weight excluding hydrogens is 343 g/mol. The molecule has 3 aromatic carbocycles. The van der Waals surface area contributed by atoms with E-state index in [1.165, 1.54) is 0 Å². The molecule has 0 fully saturated rings. The summed E-state index contributed by atoms with van der Waals surface area (Å²) in [6, 6.07) is 29.9. The Morgan fingerprint density at radius 2 is 0.625 bits per heavy atom. The molecule has 0 aliphatic carbocycles. The maximum atomic E-state index is 8.16. The zero-order valence-electron chi connectivity index (χ0n) is 12.8. The lowest BCUT2D eigenvalue weighted by atomic mass is 10.3. The molecule has 0 aromatic heterocycles. The van der Waals surface area contributed by atoms with E-state index in [-0.39, 0.29) is 24.8 Å². The largest absolute Gasteiger partial charge is 1.00 e. The van der Waals surface area contributed by atoms with E-state index in [1.807, 2.05) is 72.8 Å². The molecule has 6 heteroatoms. The summed E-state index contributed by atoms with van der Waals surface area (Å²) < 4.78 is 0. The quantitative estimate of drug-likeness (QED) is 0.532. The van der Waals surface area contributed by atoms with E-state index in [0.29, 0.717) is 11.4 Å². The van der Waals surface area contributed by atoms with Crippen molar-refractivity contribution < 1.29 is 24.8 Å². The van der Waals surface area contributed by atoms with Crippen LogP contribution in [0.2, 0.25) is 0 Å². The summed E-state index contributed by atoms with van der Waals surface area (Å²) in [4.78, 5) is 5.94. The van der Waals surface area contributed by atoms with E-state index >= 15 is 0 Å². The Labute approximate surface area is 154 Å². The van der Waals surface area contributed by atoms with Gasteiger partial charge >= 0.3 is 11.4 Å². The molecule has 0 spiro atoms. The van der Waals surface area contributed by atoms with Gasteiger partial charge in [-0.1, -0.05) is 72.8 Å². The molecule has 0 saturated heterocycles. The van der Waals surface area contributed by atoms with Crippen LogP contribution in [0.4, 0.5) is 11.4 Å². The Bertz CT molecular complexity index is 633. The zero-order valence-corrected chi connectivity index (χ0v) is 14.3. The standard InChI is InChI=1S/2C6H5N2.C6H6.2ClH/c2*7-8-6-4-2-1-3-5-6;1-2-4-6-5-3-1;;/h2*1-5H;1-6H;2*1H/q2*+1;;;/p-2. The number of diazo groups is 2. The molecular formula is C18H16Cl2N4. The fourth-order valence-electron chi connectivity index (χ4n) is 1.37. The van der Waals surface area contributed by atoms with Gasteiger partial charge in [-0.2, -0.15) is 0 Å². The van der Waals surface area contributed by atoms with E-state index in [9.17, 15) is 0 Å². The predicted molar refractivity (Wildman–Crippen MR) is 88.8 cm³/mol. The van der Waals surface area contributed by atoms with E-state index < -0.39 is 0 Å². The van der Waals surface area contributed by atoms with Crippen molar-refractivity contribution in [2.75, 3.05) is 0 Å². The van der Waals surface area contributed by atoms with Crippen LogP contribution in [0.1, 0.15) is 0 Å². The van der Waals surface area contributed by atoms with Gasteiger partial charge in [-0.05, 0) is 0 Å². The molecule has 0 unspecified atom stereocenters. The fourth-order valence-corrected chi connectivity index (χ4v) is 1.37. The van der Waals surface area contributed by atoms with Crippen molar-refractivity contribution in [3.05, 3.63) is 107 Å². The van der Waals surface area contributed by atoms with Crippen molar-refractivity contribution in [2.24, 2.45) is 0 Å². The first-order valence-electron chi connectivity index (χ1n) is 6.67. The Morgan fingerprint density at radius 1 is 0.417 bits per heavy atom. The summed E-state index contributed by atoms with van der Waals surface area (Å²) in [6.45, 7) is 0. The van der Waals surface area contributed by atoms with Crippen molar-refractivity contribution >= 4 is 11.4 Å². The van der Waals surface area contributed by atoms with Crippen LogP contribution in [0.15, 0.2) is 97.1 Å². The van der Waals surface area contributed by atoms with Crippen LogP contribution in [0.25, 0.3) is 9.95 Å². The lowest BCUT2D eigenvalue weighted by molar-refractivity contribution is -0.001000. The molecule has 0 aliphatic heterocycles. The van der Waals surface area contributed by atoms with Gasteiger partial charge in [-0.15, -0.1) is 0 Å². The summed E-state index contributed by atoms with van der Waals surface area (Å²) in [5.74, 6) is 0. The Kier molecular flexibility index (Phi) is 16.0. The summed E-state index contributed by atoms with van der Waals surface area (Å²) in [5, 5.41) is 16.3. The molecule has 0 heterocycles. The van der Waals surface area contributed by atoms with Gasteiger partial charge < -0.3 is 24.8 Å². The zero-order chi connectivity index (χ0) is 15.9. The number of hydrogen-bond donors (Lipinski definition) is 0. The highest BCUT2D eigenvalue weighted by atomic mass is 35.5. The monoisotopic (exact) mass is 358 g/mol. The minimum absolute atomic E-state index is 0. The summed E-state index contributed by atoms with van der Waals surface area (Å²) in [5.41, 5.74) is 1.18. The third kappa shape index (κ3) is 11.7. The molecule has 4 nitrogen and oxygen atoms in total. The third-order valence-corrected chi connectivity index (χ3v) is 2.41. The van der Waals surface area contributed by atoms with E-state index in [1.54, 1.807) is 24.3 Å². The lowest BCUT2D eigenvalue weighted by Gasteiger charge is -1.69. The number of rotatable bonds is 0. The molecule has 0 saturated carbocycles. The average molecular weight is 359 g/mol. The van der Waals surface area contributed by atoms with E-state index in [4.69, 9.17) is 10.8 Å². The number of halogens is 2. The Balaban J connectivity index is 0. The van der Waals surface area contributed by atoms with Crippen molar-refractivity contribution in [3.63, 3.8) is 0 Å². The maximum Gasteiger partial charge on any atom is 0.385 e. The summed E-state index contributed by atoms with van der Waals surface area (Å²) in [7, 11) is 0. The van der Waals surface area contributed by atoms with Crippen molar-refractivity contribution in [3.8, 4) is 0 Å². The van der Waals surface area contributed by atoms with Crippen molar-refractivity contribution in [1.29, 1.82) is 10.8 Å². The first-order chi connectivity index (χ1) is 10.9. The first-order valence-corrected chi connectivity index (χ1v) is 6.67. The van der Waals surface area contributed by atoms with Crippen molar-refractivity contribution in [2.45, 2.75) is 0 Å². The van der Waals surface area contributed by atoms with E-state index in [0.717, 1.165) is 0 Å². The van der Waals surface area contributed by atoms with Gasteiger partial charge in [0.15, 0.2) is 9.95 Å². The van der Waals surface area contributed by atoms with Gasteiger partial charge in [0, 0.05) is 24.3 Å². The molecule has 0 amide bonds. The third-order valence-electron chi connectivity index (χ3n) is 2.41. The molecule has 3 aromatic rings. The maximum absolute atomic E-state index is 8.16. The van der Waals surface area contributed by atoms with Gasteiger partial charge in [0.2, 0.25) is 10.8 Å². The van der Waals surface area contributed by atoms with Gasteiger partial charge in [0.1, 0.15) is 0 Å². The Hall–Kier alpha value is -2.92. The summed E-state index contributed by atoms with van der Waals surface area (Å²) >= 11 is 0. The van der Waals surface area contributed by atoms with Crippen LogP contribution in [-0.2, 0) is 0 Å². The van der Waals surface area contributed by atoms with Crippen LogP contribution in [0, 0.1) is 10.8 Å². The average Bonchev–Trinajstić information content (AvgIpc) is 2.65. The topological polar surface area (TPSA) is 56.3 Å². The lowest BCUT2D eigenvalue weighted by Crippen LogP contribution is -3.00. The van der Waals surface area contributed by atoms with Crippen LogP contribution in [0.5, 0.6) is 0 Å². The van der Waals surface area contributed by atoms with Crippen LogP contribution >= 0.6 is 0 Å². The number of benzene rings is 3. The minimum atomic E-state index is 0. The SMILES string of the molecule is N#[N+]c1ccccc1.N#[N+]c1ccccc1.[Cl-].[Cl-].c1ccccc1. The minimum Gasteiger partial charge on any atom is -1.00 e. The second kappa shape index (κ2) is 16.5. The number of hydrogen-bond acceptors (Lipinski definition) is 2. The fraction of sp³-hybridized carbons (Fsp3) is 0. The molecule has 3 rings (SSSR count). The first kappa shape index (κ1) is 23.3. The highest BCUT2D eigenvalue weighted by Gasteiger charge is 1.96. The molecule has 0 aliphatic rings. The van der Waals surface area contributed by atoms with Crippen molar-refractivity contribution in [1.82, 2.24) is 0 Å².